The summed E-state index contributed by atoms with van der Waals surface area (Å²) in [5, 5.41) is 0. The predicted octanol–water partition coefficient (Wildman–Crippen LogP) is 2.73. The lowest BCUT2D eigenvalue weighted by Crippen LogP contribution is -2.18. The van der Waals surface area contributed by atoms with E-state index >= 15 is 0 Å². The van der Waals surface area contributed by atoms with Crippen LogP contribution >= 0.6 is 0 Å². The van der Waals surface area contributed by atoms with E-state index in [1.165, 1.54) is 18.2 Å². The van der Waals surface area contributed by atoms with Gasteiger partial charge in [-0.25, -0.2) is 8.42 Å². The smallest absolute Gasteiger partial charge is 0.341 e. The first kappa shape index (κ1) is 16.6. The van der Waals surface area contributed by atoms with Crippen molar-refractivity contribution >= 4 is 15.8 Å². The summed E-state index contributed by atoms with van der Waals surface area (Å²) >= 11 is 0. The van der Waals surface area contributed by atoms with Gasteiger partial charge in [-0.15, -0.1) is 0 Å². The summed E-state index contributed by atoms with van der Waals surface area (Å²) in [5.41, 5.74) is 0.0253. The van der Waals surface area contributed by atoms with Crippen LogP contribution in [0, 0.1) is 5.92 Å². The quantitative estimate of drug-likeness (QED) is 0.594. The minimum atomic E-state index is -4.73. The van der Waals surface area contributed by atoms with Crippen molar-refractivity contribution in [3.63, 3.8) is 0 Å². The lowest BCUT2D eigenvalue weighted by molar-refractivity contribution is -0.144. The standard InChI is InChI=1S/C15H16F2O4S/c16-15(17)22(19,20)13-8-4-3-7-12(13)9-14(18)21-10-11-5-1-2-6-11/h1-4,7-8,11,15H,5-6,9-10H2. The lowest BCUT2D eigenvalue weighted by atomic mass is 10.1. The highest BCUT2D eigenvalue weighted by molar-refractivity contribution is 7.91. The maximum Gasteiger partial charge on any atom is 0.341 e. The third kappa shape index (κ3) is 3.91. The van der Waals surface area contributed by atoms with Crippen LogP contribution in [-0.4, -0.2) is 26.8 Å². The summed E-state index contributed by atoms with van der Waals surface area (Å²) in [5.74, 6) is -3.90. The largest absolute Gasteiger partial charge is 0.465 e. The number of carbonyl (C=O) groups is 1. The summed E-state index contributed by atoms with van der Waals surface area (Å²) in [6.45, 7) is 0.246. The van der Waals surface area contributed by atoms with Crippen LogP contribution in [0.4, 0.5) is 8.78 Å². The summed E-state index contributed by atoms with van der Waals surface area (Å²) in [6.07, 6.45) is 5.33. The molecule has 0 aliphatic heterocycles. The molecule has 0 radical (unpaired) electrons. The van der Waals surface area contributed by atoms with Crippen LogP contribution in [0.25, 0.3) is 0 Å². The SMILES string of the molecule is O=C(Cc1ccccc1S(=O)(=O)C(F)F)OCC1CC=CC1. The first-order valence-electron chi connectivity index (χ1n) is 6.82. The van der Waals surface area contributed by atoms with Crippen LogP contribution < -0.4 is 0 Å². The van der Waals surface area contributed by atoms with Gasteiger partial charge >= 0.3 is 11.7 Å². The van der Waals surface area contributed by atoms with E-state index in [1.807, 2.05) is 12.2 Å². The number of hydrogen-bond donors (Lipinski definition) is 0. The number of hydrogen-bond acceptors (Lipinski definition) is 4. The average molecular weight is 330 g/mol. The number of rotatable bonds is 6. The van der Waals surface area contributed by atoms with E-state index in [1.54, 1.807) is 0 Å². The fraction of sp³-hybridized carbons (Fsp3) is 0.400. The molecule has 4 nitrogen and oxygen atoms in total. The molecule has 0 heterocycles. The molecule has 0 amide bonds. The van der Waals surface area contributed by atoms with Crippen molar-refractivity contribution in [2.45, 2.75) is 29.9 Å². The summed E-state index contributed by atoms with van der Waals surface area (Å²) in [4.78, 5) is 11.3. The number of carbonyl (C=O) groups excluding carboxylic acids is 1. The van der Waals surface area contributed by atoms with E-state index in [9.17, 15) is 22.0 Å². The highest BCUT2D eigenvalue weighted by Gasteiger charge is 2.29. The molecule has 0 unspecified atom stereocenters. The molecular formula is C15H16F2O4S. The summed E-state index contributed by atoms with van der Waals surface area (Å²) in [6, 6.07) is 5.25. The molecule has 1 aliphatic rings. The highest BCUT2D eigenvalue weighted by atomic mass is 32.2. The maximum atomic E-state index is 12.7. The molecular weight excluding hydrogens is 314 g/mol. The Morgan fingerprint density at radius 3 is 2.50 bits per heavy atom. The number of benzene rings is 1. The molecule has 0 spiro atoms. The van der Waals surface area contributed by atoms with Gasteiger partial charge in [0.25, 0.3) is 0 Å². The molecule has 0 bridgehead atoms. The van der Waals surface area contributed by atoms with Crippen molar-refractivity contribution < 1.29 is 26.7 Å². The Morgan fingerprint density at radius 1 is 1.23 bits per heavy atom. The molecule has 0 aromatic heterocycles. The van der Waals surface area contributed by atoms with Crippen molar-refractivity contribution in [1.82, 2.24) is 0 Å². The second kappa shape index (κ2) is 7.00. The van der Waals surface area contributed by atoms with E-state index in [-0.39, 0.29) is 24.5 Å². The zero-order valence-corrected chi connectivity index (χ0v) is 12.6. The molecule has 0 fully saturated rings. The van der Waals surface area contributed by atoms with Crippen LogP contribution in [0.5, 0.6) is 0 Å². The molecule has 7 heteroatoms. The predicted molar refractivity (Wildman–Crippen MR) is 76.2 cm³/mol. The first-order valence-corrected chi connectivity index (χ1v) is 8.36. The van der Waals surface area contributed by atoms with Crippen molar-refractivity contribution in [3.8, 4) is 0 Å². The Bertz CT molecular complexity index is 660. The molecule has 1 aromatic carbocycles. The topological polar surface area (TPSA) is 60.4 Å². The lowest BCUT2D eigenvalue weighted by Gasteiger charge is -2.12. The molecule has 2 rings (SSSR count). The number of halogens is 2. The average Bonchev–Trinajstić information content (AvgIpc) is 2.98. The Morgan fingerprint density at radius 2 is 1.86 bits per heavy atom. The Hall–Kier alpha value is -1.76. The van der Waals surface area contributed by atoms with Crippen LogP contribution in [0.3, 0.4) is 0 Å². The van der Waals surface area contributed by atoms with Gasteiger partial charge in [-0.1, -0.05) is 30.4 Å². The second-order valence-electron chi connectivity index (χ2n) is 5.08. The number of sulfone groups is 1. The van der Waals surface area contributed by atoms with E-state index in [0.29, 0.717) is 0 Å². The summed E-state index contributed by atoms with van der Waals surface area (Å²) in [7, 11) is -4.73. The zero-order chi connectivity index (χ0) is 16.2. The minimum absolute atomic E-state index is 0.0253. The highest BCUT2D eigenvalue weighted by Crippen LogP contribution is 2.23. The molecule has 0 atom stereocenters. The Balaban J connectivity index is 2.05. The van der Waals surface area contributed by atoms with Crippen LogP contribution in [0.1, 0.15) is 18.4 Å². The van der Waals surface area contributed by atoms with Gasteiger partial charge in [0, 0.05) is 0 Å². The van der Waals surface area contributed by atoms with Gasteiger partial charge in [0.15, 0.2) is 0 Å². The number of ether oxygens (including phenoxy) is 1. The normalized spacial score (nSPS) is 15.4. The minimum Gasteiger partial charge on any atom is -0.465 e. The fourth-order valence-electron chi connectivity index (χ4n) is 2.25. The fourth-order valence-corrected chi connectivity index (χ4v) is 3.22. The molecule has 0 saturated heterocycles. The Labute approximate surface area is 127 Å². The van der Waals surface area contributed by atoms with E-state index < -0.39 is 26.5 Å². The second-order valence-corrected chi connectivity index (χ2v) is 6.97. The van der Waals surface area contributed by atoms with Crippen molar-refractivity contribution in [2.75, 3.05) is 6.61 Å². The molecule has 0 saturated carbocycles. The van der Waals surface area contributed by atoms with Crippen LogP contribution in [-0.2, 0) is 25.8 Å². The van der Waals surface area contributed by atoms with Crippen molar-refractivity contribution in [3.05, 3.63) is 42.0 Å². The van der Waals surface area contributed by atoms with Crippen molar-refractivity contribution in [1.29, 1.82) is 0 Å². The van der Waals surface area contributed by atoms with Gasteiger partial charge in [0.2, 0.25) is 9.84 Å². The maximum absolute atomic E-state index is 12.7. The summed E-state index contributed by atoms with van der Waals surface area (Å²) < 4.78 is 53.6. The molecule has 22 heavy (non-hydrogen) atoms. The van der Waals surface area contributed by atoms with Gasteiger partial charge in [0.1, 0.15) is 0 Å². The van der Waals surface area contributed by atoms with Gasteiger partial charge in [-0.3, -0.25) is 4.79 Å². The molecule has 0 N–H and O–H groups in total. The molecule has 1 aromatic rings. The third-order valence-electron chi connectivity index (χ3n) is 3.43. The number of allylic oxidation sites excluding steroid dienone is 2. The van der Waals surface area contributed by atoms with E-state index in [0.717, 1.165) is 18.9 Å². The Kier molecular flexibility index (Phi) is 5.28. The van der Waals surface area contributed by atoms with Gasteiger partial charge in [-0.2, -0.15) is 8.78 Å². The molecule has 1 aliphatic carbocycles. The van der Waals surface area contributed by atoms with Gasteiger partial charge < -0.3 is 4.74 Å². The third-order valence-corrected chi connectivity index (χ3v) is 4.91. The van der Waals surface area contributed by atoms with E-state index in [2.05, 4.69) is 0 Å². The monoisotopic (exact) mass is 330 g/mol. The van der Waals surface area contributed by atoms with Gasteiger partial charge in [-0.05, 0) is 30.4 Å². The van der Waals surface area contributed by atoms with Crippen LogP contribution in [0.15, 0.2) is 41.3 Å². The zero-order valence-electron chi connectivity index (χ0n) is 11.7. The van der Waals surface area contributed by atoms with Gasteiger partial charge in [0.05, 0.1) is 17.9 Å². The number of esters is 1. The first-order chi connectivity index (χ1) is 10.4. The van der Waals surface area contributed by atoms with E-state index in [4.69, 9.17) is 4.74 Å². The van der Waals surface area contributed by atoms with Crippen LogP contribution in [0.2, 0.25) is 0 Å². The number of alkyl halides is 2. The van der Waals surface area contributed by atoms with Crippen molar-refractivity contribution in [2.24, 2.45) is 5.92 Å². The molecule has 120 valence electrons.